The Morgan fingerprint density at radius 1 is 1.29 bits per heavy atom. The number of hydrogen-bond acceptors (Lipinski definition) is 5. The lowest BCUT2D eigenvalue weighted by Gasteiger charge is -2.11. The van der Waals surface area contributed by atoms with Crippen LogP contribution in [0.25, 0.3) is 11.4 Å². The van der Waals surface area contributed by atoms with Gasteiger partial charge in [-0.2, -0.15) is 4.98 Å². The molecule has 1 aromatic heterocycles. The summed E-state index contributed by atoms with van der Waals surface area (Å²) in [6.45, 7) is 0.439. The van der Waals surface area contributed by atoms with Crippen molar-refractivity contribution in [2.75, 3.05) is 20.8 Å². The molecule has 2 aromatic rings. The lowest BCUT2D eigenvalue weighted by Crippen LogP contribution is -2.32. The summed E-state index contributed by atoms with van der Waals surface area (Å²) in [5, 5.41) is 6.64. The highest BCUT2D eigenvalue weighted by Gasteiger charge is 2.17. The number of rotatable bonds is 6. The molecule has 8 heteroatoms. The Balaban J connectivity index is 2.20. The minimum Gasteiger partial charge on any atom is -0.383 e. The smallest absolute Gasteiger partial charge is 0.228 e. The van der Waals surface area contributed by atoms with Gasteiger partial charge in [-0.05, 0) is 19.2 Å². The Morgan fingerprint density at radius 3 is 2.52 bits per heavy atom. The van der Waals surface area contributed by atoms with Gasteiger partial charge in [0.25, 0.3) is 0 Å². The molecule has 0 radical (unpaired) electrons. The second-order valence-electron chi connectivity index (χ2n) is 4.41. The Labute approximate surface area is 119 Å². The van der Waals surface area contributed by atoms with Gasteiger partial charge in [-0.25, -0.2) is 13.2 Å². The number of nitrogens with one attached hydrogen (secondary N) is 1. The largest absolute Gasteiger partial charge is 0.383 e. The number of likely N-dealkylation sites (N-methyl/N-ethyl adjacent to an activating group) is 1. The van der Waals surface area contributed by atoms with Crippen molar-refractivity contribution in [1.29, 1.82) is 0 Å². The fourth-order valence-electron chi connectivity index (χ4n) is 1.80. The molecule has 2 rings (SSSR count). The van der Waals surface area contributed by atoms with E-state index in [1.807, 2.05) is 0 Å². The predicted molar refractivity (Wildman–Crippen MR) is 68.0 cm³/mol. The Kier molecular flexibility index (Phi) is 4.92. The first-order valence-corrected chi connectivity index (χ1v) is 6.18. The Morgan fingerprint density at radius 2 is 1.95 bits per heavy atom. The summed E-state index contributed by atoms with van der Waals surface area (Å²) >= 11 is 0. The van der Waals surface area contributed by atoms with Gasteiger partial charge in [-0.3, -0.25) is 0 Å². The molecular formula is C13H14F3N3O2. The molecule has 0 bridgehead atoms. The summed E-state index contributed by atoms with van der Waals surface area (Å²) in [5.41, 5.74) is 0.00847. The number of aromatic nitrogens is 2. The molecule has 1 unspecified atom stereocenters. The molecule has 114 valence electrons. The van der Waals surface area contributed by atoms with Crippen LogP contribution in [0.3, 0.4) is 0 Å². The number of hydrogen-bond donors (Lipinski definition) is 1. The second kappa shape index (κ2) is 6.68. The van der Waals surface area contributed by atoms with Crippen LogP contribution in [0.1, 0.15) is 5.89 Å². The van der Waals surface area contributed by atoms with Crippen LogP contribution in [-0.2, 0) is 11.2 Å². The molecule has 1 heterocycles. The van der Waals surface area contributed by atoms with Crippen LogP contribution in [0.15, 0.2) is 16.7 Å². The molecule has 1 aromatic carbocycles. The molecule has 5 nitrogen and oxygen atoms in total. The van der Waals surface area contributed by atoms with Gasteiger partial charge in [-0.15, -0.1) is 0 Å². The molecule has 0 fully saturated rings. The van der Waals surface area contributed by atoms with E-state index in [0.29, 0.717) is 13.0 Å². The van der Waals surface area contributed by atoms with Gasteiger partial charge >= 0.3 is 0 Å². The van der Waals surface area contributed by atoms with Gasteiger partial charge in [0.2, 0.25) is 11.7 Å². The minimum atomic E-state index is -1.53. The third-order valence-electron chi connectivity index (χ3n) is 2.91. The number of nitrogens with zero attached hydrogens (tertiary/aromatic N) is 2. The monoisotopic (exact) mass is 301 g/mol. The molecule has 1 N–H and O–H groups in total. The molecule has 21 heavy (non-hydrogen) atoms. The van der Waals surface area contributed by atoms with Gasteiger partial charge < -0.3 is 14.6 Å². The number of methoxy groups -OCH3 is 1. The van der Waals surface area contributed by atoms with E-state index in [-0.39, 0.29) is 23.3 Å². The normalized spacial score (nSPS) is 12.6. The lowest BCUT2D eigenvalue weighted by molar-refractivity contribution is 0.165. The summed E-state index contributed by atoms with van der Waals surface area (Å²) in [4.78, 5) is 4.03. The minimum absolute atomic E-state index is 0.00456. The average molecular weight is 301 g/mol. The quantitative estimate of drug-likeness (QED) is 0.826. The summed E-state index contributed by atoms with van der Waals surface area (Å²) in [7, 11) is 3.32. The first-order valence-electron chi connectivity index (χ1n) is 6.18. The van der Waals surface area contributed by atoms with Crippen LogP contribution in [0.2, 0.25) is 0 Å². The van der Waals surface area contributed by atoms with Crippen molar-refractivity contribution in [3.8, 4) is 11.4 Å². The zero-order chi connectivity index (χ0) is 15.4. The van der Waals surface area contributed by atoms with E-state index < -0.39 is 17.5 Å². The van der Waals surface area contributed by atoms with Crippen molar-refractivity contribution in [2.45, 2.75) is 12.5 Å². The van der Waals surface area contributed by atoms with E-state index in [4.69, 9.17) is 9.26 Å². The lowest BCUT2D eigenvalue weighted by atomic mass is 10.2. The van der Waals surface area contributed by atoms with Gasteiger partial charge in [0, 0.05) is 25.1 Å². The van der Waals surface area contributed by atoms with Gasteiger partial charge in [0.05, 0.1) is 6.61 Å². The van der Waals surface area contributed by atoms with E-state index in [0.717, 1.165) is 12.1 Å². The third-order valence-corrected chi connectivity index (χ3v) is 2.91. The first-order chi connectivity index (χ1) is 10.0. The maximum Gasteiger partial charge on any atom is 0.228 e. The fraction of sp³-hybridized carbons (Fsp3) is 0.385. The molecule has 0 aliphatic heterocycles. The standard InChI is InChI=1S/C13H14F3N3O2/c1-17-8(6-20-2)5-11-18-13(19-21-11)7-3-9(14)12(16)10(15)4-7/h3-4,8,17H,5-6H2,1-2H3. The molecule has 0 spiro atoms. The molecular weight excluding hydrogens is 287 g/mol. The van der Waals surface area contributed by atoms with Crippen molar-refractivity contribution < 1.29 is 22.4 Å². The SMILES string of the molecule is CNC(COC)Cc1nc(-c2cc(F)c(F)c(F)c2)no1. The highest BCUT2D eigenvalue weighted by molar-refractivity contribution is 5.54. The van der Waals surface area contributed by atoms with Crippen molar-refractivity contribution >= 4 is 0 Å². The molecule has 0 saturated heterocycles. The molecule has 1 atom stereocenters. The van der Waals surface area contributed by atoms with E-state index >= 15 is 0 Å². The Hall–Kier alpha value is -1.93. The molecule has 0 amide bonds. The highest BCUT2D eigenvalue weighted by atomic mass is 19.2. The number of halogens is 3. The van der Waals surface area contributed by atoms with Crippen LogP contribution >= 0.6 is 0 Å². The number of benzene rings is 1. The van der Waals surface area contributed by atoms with E-state index in [1.54, 1.807) is 14.2 Å². The van der Waals surface area contributed by atoms with Gasteiger partial charge in [0.15, 0.2) is 17.5 Å². The second-order valence-corrected chi connectivity index (χ2v) is 4.41. The van der Waals surface area contributed by atoms with Crippen molar-refractivity contribution in [1.82, 2.24) is 15.5 Å². The zero-order valence-corrected chi connectivity index (χ0v) is 11.5. The predicted octanol–water partition coefficient (Wildman–Crippen LogP) is 1.93. The first kappa shape index (κ1) is 15.5. The van der Waals surface area contributed by atoms with Crippen molar-refractivity contribution in [3.05, 3.63) is 35.5 Å². The maximum absolute atomic E-state index is 13.2. The van der Waals surface area contributed by atoms with Crippen LogP contribution in [-0.4, -0.2) is 36.9 Å². The Bertz CT molecular complexity index is 595. The third kappa shape index (κ3) is 3.59. The number of ether oxygens (including phenoxy) is 1. The van der Waals surface area contributed by atoms with E-state index in [1.165, 1.54) is 0 Å². The van der Waals surface area contributed by atoms with Crippen LogP contribution in [0.4, 0.5) is 13.2 Å². The molecule has 0 saturated carbocycles. The van der Waals surface area contributed by atoms with Crippen LogP contribution in [0, 0.1) is 17.5 Å². The van der Waals surface area contributed by atoms with Crippen molar-refractivity contribution in [2.24, 2.45) is 0 Å². The molecule has 0 aliphatic carbocycles. The molecule has 0 aliphatic rings. The average Bonchev–Trinajstić information content (AvgIpc) is 2.92. The maximum atomic E-state index is 13.2. The zero-order valence-electron chi connectivity index (χ0n) is 11.5. The summed E-state index contributed by atoms with van der Waals surface area (Å²) < 4.78 is 49.3. The summed E-state index contributed by atoms with van der Waals surface area (Å²) in [6.07, 6.45) is 0.392. The van der Waals surface area contributed by atoms with Gasteiger partial charge in [-0.1, -0.05) is 5.16 Å². The fourth-order valence-corrected chi connectivity index (χ4v) is 1.80. The van der Waals surface area contributed by atoms with E-state index in [2.05, 4.69) is 15.5 Å². The topological polar surface area (TPSA) is 60.2 Å². The summed E-state index contributed by atoms with van der Waals surface area (Å²) in [5.74, 6) is -3.85. The summed E-state index contributed by atoms with van der Waals surface area (Å²) in [6, 6.07) is 1.60. The van der Waals surface area contributed by atoms with Crippen molar-refractivity contribution in [3.63, 3.8) is 0 Å². The van der Waals surface area contributed by atoms with Crippen LogP contribution in [0.5, 0.6) is 0 Å². The van der Waals surface area contributed by atoms with Crippen LogP contribution < -0.4 is 5.32 Å². The van der Waals surface area contributed by atoms with Gasteiger partial charge in [0.1, 0.15) is 0 Å². The highest BCUT2D eigenvalue weighted by Crippen LogP contribution is 2.21. The van der Waals surface area contributed by atoms with E-state index in [9.17, 15) is 13.2 Å².